The number of hydrogen-bond acceptors (Lipinski definition) is 3. The lowest BCUT2D eigenvalue weighted by Crippen LogP contribution is -2.41. The molecular weight excluding hydrogens is 283 g/mol. The van der Waals surface area contributed by atoms with Gasteiger partial charge in [0.05, 0.1) is 0 Å². The molecule has 1 atom stereocenters. The molecule has 5 heteroatoms. The molecule has 1 aromatic rings. The Morgan fingerprint density at radius 2 is 2.05 bits per heavy atom. The van der Waals surface area contributed by atoms with E-state index in [1.807, 2.05) is 17.0 Å². The number of nitrogens with zero attached hydrogens (tertiary/aromatic N) is 2. The van der Waals surface area contributed by atoms with Crippen molar-refractivity contribution in [2.45, 2.75) is 31.9 Å². The molecule has 1 amide bonds. The average Bonchev–Trinajstić information content (AvgIpc) is 2.96. The summed E-state index contributed by atoms with van der Waals surface area (Å²) in [6, 6.07) is 6.91. The van der Waals surface area contributed by atoms with Crippen molar-refractivity contribution in [2.75, 3.05) is 32.8 Å². The van der Waals surface area contributed by atoms with Crippen LogP contribution in [0.3, 0.4) is 0 Å². The van der Waals surface area contributed by atoms with E-state index in [1.165, 1.54) is 6.07 Å². The first-order chi connectivity index (χ1) is 10.7. The van der Waals surface area contributed by atoms with Crippen LogP contribution in [0.4, 0.5) is 4.39 Å². The summed E-state index contributed by atoms with van der Waals surface area (Å²) in [6.45, 7) is 4.45. The second kappa shape index (κ2) is 7.20. The van der Waals surface area contributed by atoms with Gasteiger partial charge >= 0.3 is 0 Å². The molecule has 1 aromatic carbocycles. The third-order valence-electron chi connectivity index (χ3n) is 4.46. The van der Waals surface area contributed by atoms with E-state index in [0.717, 1.165) is 44.5 Å². The fraction of sp³-hybridized carbons (Fsp3) is 0.588. The fourth-order valence-electron chi connectivity index (χ4n) is 3.19. The molecule has 0 N–H and O–H groups in total. The van der Waals surface area contributed by atoms with Crippen LogP contribution in [0.5, 0.6) is 0 Å². The van der Waals surface area contributed by atoms with Crippen molar-refractivity contribution in [3.63, 3.8) is 0 Å². The molecule has 120 valence electrons. The summed E-state index contributed by atoms with van der Waals surface area (Å²) in [5.74, 6) is -0.0238. The zero-order chi connectivity index (χ0) is 15.4. The number of halogens is 1. The zero-order valence-corrected chi connectivity index (χ0v) is 12.8. The van der Waals surface area contributed by atoms with Gasteiger partial charge in [0, 0.05) is 44.9 Å². The average molecular weight is 306 g/mol. The highest BCUT2D eigenvalue weighted by atomic mass is 19.1. The maximum atomic E-state index is 13.7. The molecule has 0 unspecified atom stereocenters. The van der Waals surface area contributed by atoms with Gasteiger partial charge in [0.2, 0.25) is 0 Å². The van der Waals surface area contributed by atoms with Crippen molar-refractivity contribution in [3.05, 3.63) is 35.6 Å². The van der Waals surface area contributed by atoms with Gasteiger partial charge in [-0.2, -0.15) is 0 Å². The number of hydrogen-bond donors (Lipinski definition) is 0. The highest BCUT2D eigenvalue weighted by Gasteiger charge is 2.29. The Morgan fingerprint density at radius 3 is 2.82 bits per heavy atom. The van der Waals surface area contributed by atoms with Crippen LogP contribution < -0.4 is 0 Å². The van der Waals surface area contributed by atoms with Gasteiger partial charge in [0.15, 0.2) is 0 Å². The topological polar surface area (TPSA) is 32.8 Å². The number of carbonyl (C=O) groups excluding carboxylic acids is 1. The summed E-state index contributed by atoms with van der Waals surface area (Å²) in [4.78, 5) is 16.5. The van der Waals surface area contributed by atoms with E-state index in [4.69, 9.17) is 4.74 Å². The van der Waals surface area contributed by atoms with Crippen molar-refractivity contribution in [3.8, 4) is 0 Å². The van der Waals surface area contributed by atoms with Crippen molar-refractivity contribution >= 4 is 5.91 Å². The third kappa shape index (κ3) is 3.65. The maximum absolute atomic E-state index is 13.7. The molecule has 0 aliphatic carbocycles. The van der Waals surface area contributed by atoms with E-state index < -0.39 is 0 Å². The molecule has 0 aromatic heterocycles. The predicted molar refractivity (Wildman–Crippen MR) is 81.8 cm³/mol. The third-order valence-corrected chi connectivity index (χ3v) is 4.46. The molecule has 2 aliphatic rings. The lowest BCUT2D eigenvalue weighted by Gasteiger charge is -2.24. The standard InChI is InChI=1S/C17H23FN2O2/c18-15-6-2-1-5-14(15)13-19-8-4-9-20(11-10-19)17(21)16-7-3-12-22-16/h1-2,5-6,16H,3-4,7-13H2/t16-/m1/s1. The van der Waals surface area contributed by atoms with Crippen molar-refractivity contribution in [2.24, 2.45) is 0 Å². The quantitative estimate of drug-likeness (QED) is 0.857. The van der Waals surface area contributed by atoms with Crippen LogP contribution in [-0.4, -0.2) is 54.6 Å². The normalized spacial score (nSPS) is 23.5. The Labute approximate surface area is 130 Å². The first kappa shape index (κ1) is 15.4. The first-order valence-electron chi connectivity index (χ1n) is 8.10. The molecule has 0 spiro atoms. The minimum atomic E-state index is -0.238. The zero-order valence-electron chi connectivity index (χ0n) is 12.8. The van der Waals surface area contributed by atoms with Crippen LogP contribution in [0.1, 0.15) is 24.8 Å². The number of carbonyl (C=O) groups is 1. The highest BCUT2D eigenvalue weighted by Crippen LogP contribution is 2.17. The van der Waals surface area contributed by atoms with Gasteiger partial charge in [-0.15, -0.1) is 0 Å². The van der Waals surface area contributed by atoms with Crippen molar-refractivity contribution in [1.29, 1.82) is 0 Å². The van der Waals surface area contributed by atoms with Crippen LogP contribution in [0.15, 0.2) is 24.3 Å². The smallest absolute Gasteiger partial charge is 0.251 e. The van der Waals surface area contributed by atoms with Gasteiger partial charge in [-0.1, -0.05) is 18.2 Å². The van der Waals surface area contributed by atoms with Crippen LogP contribution in [0.25, 0.3) is 0 Å². The Bertz CT molecular complexity index is 517. The largest absolute Gasteiger partial charge is 0.368 e. The summed E-state index contributed by atoms with van der Waals surface area (Å²) >= 11 is 0. The fourth-order valence-corrected chi connectivity index (χ4v) is 3.19. The van der Waals surface area contributed by atoms with Crippen molar-refractivity contribution in [1.82, 2.24) is 9.80 Å². The number of benzene rings is 1. The molecular formula is C17H23FN2O2. The van der Waals surface area contributed by atoms with Gasteiger partial charge in [0.25, 0.3) is 5.91 Å². The Balaban J connectivity index is 1.55. The minimum absolute atomic E-state index is 0.130. The number of ether oxygens (including phenoxy) is 1. The Morgan fingerprint density at radius 1 is 1.18 bits per heavy atom. The summed E-state index contributed by atoms with van der Waals surface area (Å²) in [6.07, 6.45) is 2.50. The summed E-state index contributed by atoms with van der Waals surface area (Å²) in [5.41, 5.74) is 0.724. The lowest BCUT2D eigenvalue weighted by atomic mass is 10.2. The van der Waals surface area contributed by atoms with Gasteiger partial charge in [-0.3, -0.25) is 9.69 Å². The van der Waals surface area contributed by atoms with E-state index >= 15 is 0 Å². The number of rotatable bonds is 3. The molecule has 4 nitrogen and oxygen atoms in total. The van der Waals surface area contributed by atoms with Gasteiger partial charge in [-0.05, 0) is 25.3 Å². The van der Waals surface area contributed by atoms with Gasteiger partial charge < -0.3 is 9.64 Å². The second-order valence-corrected chi connectivity index (χ2v) is 6.05. The van der Waals surface area contributed by atoms with Gasteiger partial charge in [0.1, 0.15) is 11.9 Å². The maximum Gasteiger partial charge on any atom is 0.251 e. The molecule has 3 rings (SSSR count). The van der Waals surface area contributed by atoms with Crippen molar-refractivity contribution < 1.29 is 13.9 Å². The van der Waals surface area contributed by atoms with E-state index in [1.54, 1.807) is 6.07 Å². The van der Waals surface area contributed by atoms with Crippen LogP contribution >= 0.6 is 0 Å². The highest BCUT2D eigenvalue weighted by molar-refractivity contribution is 5.81. The molecule has 22 heavy (non-hydrogen) atoms. The first-order valence-corrected chi connectivity index (χ1v) is 8.10. The molecule has 2 aliphatic heterocycles. The van der Waals surface area contributed by atoms with Crippen LogP contribution in [0.2, 0.25) is 0 Å². The van der Waals surface area contributed by atoms with E-state index in [0.29, 0.717) is 19.7 Å². The summed E-state index contributed by atoms with van der Waals surface area (Å²) in [5, 5.41) is 0. The second-order valence-electron chi connectivity index (χ2n) is 6.05. The molecule has 0 saturated carbocycles. The Kier molecular flexibility index (Phi) is 5.05. The number of amides is 1. The predicted octanol–water partition coefficient (Wildman–Crippen LogP) is 2.04. The summed E-state index contributed by atoms with van der Waals surface area (Å²) in [7, 11) is 0. The SMILES string of the molecule is O=C([C@H]1CCCO1)N1CCCN(Cc2ccccc2F)CC1. The van der Waals surface area contributed by atoms with E-state index in [-0.39, 0.29) is 17.8 Å². The minimum Gasteiger partial charge on any atom is -0.368 e. The lowest BCUT2D eigenvalue weighted by molar-refractivity contribution is -0.140. The Hall–Kier alpha value is -1.46. The van der Waals surface area contributed by atoms with Crippen LogP contribution in [0, 0.1) is 5.82 Å². The van der Waals surface area contributed by atoms with Crippen LogP contribution in [-0.2, 0) is 16.1 Å². The molecule has 2 fully saturated rings. The summed E-state index contributed by atoms with van der Waals surface area (Å²) < 4.78 is 19.2. The van der Waals surface area contributed by atoms with Gasteiger partial charge in [-0.25, -0.2) is 4.39 Å². The molecule has 2 saturated heterocycles. The molecule has 2 heterocycles. The monoisotopic (exact) mass is 306 g/mol. The van der Waals surface area contributed by atoms with E-state index in [9.17, 15) is 9.18 Å². The molecule has 0 bridgehead atoms. The van der Waals surface area contributed by atoms with E-state index in [2.05, 4.69) is 4.90 Å². The molecule has 0 radical (unpaired) electrons.